The van der Waals surface area contributed by atoms with Crippen LogP contribution in [0.2, 0.25) is 0 Å². The maximum absolute atomic E-state index is 10.6. The number of halogens is 1. The van der Waals surface area contributed by atoms with Crippen LogP contribution in [0.1, 0.15) is 58.6 Å². The highest BCUT2D eigenvalue weighted by Gasteiger charge is 2.29. The second-order valence-corrected chi connectivity index (χ2v) is 5.65. The third-order valence-electron chi connectivity index (χ3n) is 3.01. The Morgan fingerprint density at radius 2 is 2.06 bits per heavy atom. The Morgan fingerprint density at radius 1 is 1.35 bits per heavy atom. The van der Waals surface area contributed by atoms with E-state index in [9.17, 15) is 5.11 Å². The van der Waals surface area contributed by atoms with Crippen LogP contribution in [0.3, 0.4) is 0 Å². The molecule has 1 atom stereocenters. The van der Waals surface area contributed by atoms with Gasteiger partial charge in [-0.25, -0.2) is 0 Å². The van der Waals surface area contributed by atoms with Crippen LogP contribution in [0, 0.1) is 0 Å². The zero-order valence-electron chi connectivity index (χ0n) is 11.0. The number of hydrogen-bond acceptors (Lipinski definition) is 2. The minimum absolute atomic E-state index is 0.787. The van der Waals surface area contributed by atoms with Gasteiger partial charge in [-0.05, 0) is 35.7 Å². The molecule has 0 fully saturated rings. The van der Waals surface area contributed by atoms with E-state index in [1.54, 1.807) is 6.20 Å². The quantitative estimate of drug-likeness (QED) is 0.777. The molecule has 0 aromatic carbocycles. The molecule has 0 bridgehead atoms. The summed E-state index contributed by atoms with van der Waals surface area (Å²) in [6, 6.07) is 0. The lowest BCUT2D eigenvalue weighted by atomic mass is 9.94. The van der Waals surface area contributed by atoms with Crippen molar-refractivity contribution in [1.29, 1.82) is 0 Å². The van der Waals surface area contributed by atoms with E-state index < -0.39 is 5.60 Å². The van der Waals surface area contributed by atoms with Gasteiger partial charge in [0, 0.05) is 6.54 Å². The van der Waals surface area contributed by atoms with E-state index in [4.69, 9.17) is 0 Å². The van der Waals surface area contributed by atoms with Gasteiger partial charge in [-0.2, -0.15) is 5.10 Å². The van der Waals surface area contributed by atoms with Gasteiger partial charge in [0.05, 0.1) is 16.4 Å². The Hall–Kier alpha value is -0.350. The Labute approximate surface area is 112 Å². The summed E-state index contributed by atoms with van der Waals surface area (Å²) in [7, 11) is 0. The van der Waals surface area contributed by atoms with Crippen LogP contribution in [-0.4, -0.2) is 14.9 Å². The summed E-state index contributed by atoms with van der Waals surface area (Å²) in [5.41, 5.74) is 0.120. The molecule has 0 saturated carbocycles. The average Bonchev–Trinajstić information content (AvgIpc) is 2.61. The fraction of sp³-hybridized carbons (Fsp3) is 0.769. The number of nitrogens with zero attached hydrogens (tertiary/aromatic N) is 2. The maximum Gasteiger partial charge on any atom is 0.105 e. The summed E-state index contributed by atoms with van der Waals surface area (Å²) in [5, 5.41) is 14.9. The molecule has 0 aliphatic rings. The lowest BCUT2D eigenvalue weighted by Gasteiger charge is -2.25. The van der Waals surface area contributed by atoms with Gasteiger partial charge in [0.2, 0.25) is 0 Å². The van der Waals surface area contributed by atoms with Crippen molar-refractivity contribution < 1.29 is 5.11 Å². The minimum Gasteiger partial charge on any atom is -0.384 e. The third-order valence-corrected chi connectivity index (χ3v) is 3.59. The number of hydrogen-bond donors (Lipinski definition) is 1. The Morgan fingerprint density at radius 3 is 2.65 bits per heavy atom. The third kappa shape index (κ3) is 3.81. The van der Waals surface area contributed by atoms with Gasteiger partial charge >= 0.3 is 0 Å². The summed E-state index contributed by atoms with van der Waals surface area (Å²) in [6.07, 6.45) is 6.97. The molecule has 1 heterocycles. The van der Waals surface area contributed by atoms with E-state index in [1.807, 2.05) is 11.6 Å². The molecule has 4 heteroatoms. The number of rotatable bonds is 7. The van der Waals surface area contributed by atoms with Crippen LogP contribution in [0.4, 0.5) is 0 Å². The van der Waals surface area contributed by atoms with Crippen molar-refractivity contribution in [2.45, 2.75) is 65.0 Å². The molecule has 0 aliphatic carbocycles. The van der Waals surface area contributed by atoms with Gasteiger partial charge in [0.15, 0.2) is 0 Å². The lowest BCUT2D eigenvalue weighted by Crippen LogP contribution is -2.26. The van der Waals surface area contributed by atoms with Crippen LogP contribution in [0.25, 0.3) is 0 Å². The van der Waals surface area contributed by atoms with E-state index >= 15 is 0 Å². The van der Waals surface area contributed by atoms with Crippen LogP contribution in [0.5, 0.6) is 0 Å². The van der Waals surface area contributed by atoms with Crippen molar-refractivity contribution >= 4 is 15.9 Å². The number of aliphatic hydroxyl groups is 1. The Balaban J connectivity index is 2.84. The van der Waals surface area contributed by atoms with Crippen molar-refractivity contribution in [3.8, 4) is 0 Å². The first-order valence-electron chi connectivity index (χ1n) is 6.47. The standard InChI is InChI=1S/C13H23BrN2O/c1-4-6-7-8-13(3,17)12-11(14)10-15-16(12)9-5-2/h10,17H,4-9H2,1-3H3. The van der Waals surface area contributed by atoms with Crippen LogP contribution in [-0.2, 0) is 12.1 Å². The largest absolute Gasteiger partial charge is 0.384 e. The fourth-order valence-electron chi connectivity index (χ4n) is 2.12. The number of aryl methyl sites for hydroxylation is 1. The molecule has 1 aromatic heterocycles. The van der Waals surface area contributed by atoms with Gasteiger partial charge in [-0.15, -0.1) is 0 Å². The van der Waals surface area contributed by atoms with Crippen molar-refractivity contribution in [2.75, 3.05) is 0 Å². The summed E-state index contributed by atoms with van der Waals surface area (Å²) in [5.74, 6) is 0. The molecule has 1 N–H and O–H groups in total. The smallest absolute Gasteiger partial charge is 0.105 e. The Bertz CT molecular complexity index is 347. The topological polar surface area (TPSA) is 38.1 Å². The second-order valence-electron chi connectivity index (χ2n) is 4.80. The van der Waals surface area contributed by atoms with E-state index in [0.717, 1.165) is 42.4 Å². The van der Waals surface area contributed by atoms with E-state index in [0.29, 0.717) is 0 Å². The molecule has 17 heavy (non-hydrogen) atoms. The van der Waals surface area contributed by atoms with Crippen molar-refractivity contribution in [2.24, 2.45) is 0 Å². The zero-order valence-corrected chi connectivity index (χ0v) is 12.6. The molecule has 0 amide bonds. The summed E-state index contributed by atoms with van der Waals surface area (Å²) in [6.45, 7) is 7.03. The van der Waals surface area contributed by atoms with Gasteiger partial charge in [-0.3, -0.25) is 4.68 Å². The first-order valence-corrected chi connectivity index (χ1v) is 7.26. The molecule has 3 nitrogen and oxygen atoms in total. The first-order chi connectivity index (χ1) is 8.03. The van der Waals surface area contributed by atoms with E-state index in [-0.39, 0.29) is 0 Å². The summed E-state index contributed by atoms with van der Waals surface area (Å²) >= 11 is 3.49. The molecule has 98 valence electrons. The van der Waals surface area contributed by atoms with Gasteiger partial charge in [0.25, 0.3) is 0 Å². The van der Waals surface area contributed by atoms with Crippen LogP contribution in [0.15, 0.2) is 10.7 Å². The highest BCUT2D eigenvalue weighted by Crippen LogP contribution is 2.32. The number of unbranched alkanes of at least 4 members (excludes halogenated alkanes) is 2. The minimum atomic E-state index is -0.792. The fourth-order valence-corrected chi connectivity index (χ4v) is 2.84. The monoisotopic (exact) mass is 302 g/mol. The zero-order chi connectivity index (χ0) is 12.9. The molecule has 1 unspecified atom stereocenters. The lowest BCUT2D eigenvalue weighted by molar-refractivity contribution is 0.0348. The summed E-state index contributed by atoms with van der Waals surface area (Å²) in [4.78, 5) is 0. The highest BCUT2D eigenvalue weighted by atomic mass is 79.9. The highest BCUT2D eigenvalue weighted by molar-refractivity contribution is 9.10. The van der Waals surface area contributed by atoms with Crippen molar-refractivity contribution in [1.82, 2.24) is 9.78 Å². The molecular weight excluding hydrogens is 280 g/mol. The predicted molar refractivity (Wildman–Crippen MR) is 73.9 cm³/mol. The second kappa shape index (κ2) is 6.55. The van der Waals surface area contributed by atoms with Crippen LogP contribution >= 0.6 is 15.9 Å². The van der Waals surface area contributed by atoms with Crippen molar-refractivity contribution in [3.05, 3.63) is 16.4 Å². The predicted octanol–water partition coefficient (Wildman–Crippen LogP) is 3.84. The summed E-state index contributed by atoms with van der Waals surface area (Å²) < 4.78 is 2.82. The maximum atomic E-state index is 10.6. The Kier molecular flexibility index (Phi) is 5.67. The first kappa shape index (κ1) is 14.7. The molecule has 0 aliphatic heterocycles. The normalized spacial score (nSPS) is 14.9. The van der Waals surface area contributed by atoms with Crippen molar-refractivity contribution in [3.63, 3.8) is 0 Å². The van der Waals surface area contributed by atoms with E-state index in [1.165, 1.54) is 6.42 Å². The molecule has 1 aromatic rings. The molecule has 0 saturated heterocycles. The SMILES string of the molecule is CCCCCC(C)(O)c1c(Br)cnn1CCC. The molecular formula is C13H23BrN2O. The number of aromatic nitrogens is 2. The van der Waals surface area contributed by atoms with Gasteiger partial charge in [0.1, 0.15) is 5.60 Å². The molecule has 0 spiro atoms. The molecule has 0 radical (unpaired) electrons. The van der Waals surface area contributed by atoms with E-state index in [2.05, 4.69) is 34.9 Å². The van der Waals surface area contributed by atoms with Crippen LogP contribution < -0.4 is 0 Å². The average molecular weight is 303 g/mol. The van der Waals surface area contributed by atoms with Gasteiger partial charge < -0.3 is 5.11 Å². The van der Waals surface area contributed by atoms with Gasteiger partial charge in [-0.1, -0.05) is 33.1 Å². The molecule has 1 rings (SSSR count).